The molecule has 2 aromatic rings. The number of aryl methyl sites for hydroxylation is 2. The molecule has 1 amide bonds. The van der Waals surface area contributed by atoms with Crippen LogP contribution in [0.4, 0.5) is 0 Å². The zero-order valence-electron chi connectivity index (χ0n) is 17.5. The molecule has 0 N–H and O–H groups in total. The smallest absolute Gasteiger partial charge is 0.266 e. The standard InChI is InChI=1S/C24H24ClNO3S2/c1-4-8-26-23(27)22(31-24(26)30)15-18-14-19(25)6-7-21(18)29-10-9-28-20-12-16(3)11-17(5-2)13-20/h4,6-7,11-15H,1,5,8-10H2,2-3H3/b22-15-. The number of rotatable bonds is 9. The van der Waals surface area contributed by atoms with E-state index in [1.165, 1.54) is 27.8 Å². The van der Waals surface area contributed by atoms with Gasteiger partial charge < -0.3 is 9.47 Å². The highest BCUT2D eigenvalue weighted by molar-refractivity contribution is 8.26. The van der Waals surface area contributed by atoms with Crippen LogP contribution in [0.25, 0.3) is 6.08 Å². The lowest BCUT2D eigenvalue weighted by molar-refractivity contribution is -0.121. The molecule has 0 radical (unpaired) electrons. The molecule has 0 atom stereocenters. The Balaban J connectivity index is 1.68. The van der Waals surface area contributed by atoms with Crippen molar-refractivity contribution in [2.45, 2.75) is 20.3 Å². The lowest BCUT2D eigenvalue weighted by Gasteiger charge is -2.12. The van der Waals surface area contributed by atoms with Crippen LogP contribution in [0.5, 0.6) is 11.5 Å². The quantitative estimate of drug-likeness (QED) is 0.192. The second-order valence-corrected chi connectivity index (χ2v) is 9.08. The molecule has 0 aromatic heterocycles. The van der Waals surface area contributed by atoms with Crippen LogP contribution in [0.2, 0.25) is 5.02 Å². The molecular formula is C24H24ClNO3S2. The summed E-state index contributed by atoms with van der Waals surface area (Å²) >= 11 is 12.7. The first-order chi connectivity index (χ1) is 14.9. The molecule has 4 nitrogen and oxygen atoms in total. The third kappa shape index (κ3) is 6.12. The monoisotopic (exact) mass is 473 g/mol. The van der Waals surface area contributed by atoms with Crippen molar-refractivity contribution in [3.05, 3.63) is 75.7 Å². The van der Waals surface area contributed by atoms with Gasteiger partial charge >= 0.3 is 0 Å². The van der Waals surface area contributed by atoms with Crippen molar-refractivity contribution in [1.29, 1.82) is 0 Å². The van der Waals surface area contributed by atoms with Gasteiger partial charge in [-0.1, -0.05) is 54.6 Å². The largest absolute Gasteiger partial charge is 0.490 e. The highest BCUT2D eigenvalue weighted by Crippen LogP contribution is 2.35. The maximum absolute atomic E-state index is 12.6. The number of carbonyl (C=O) groups is 1. The summed E-state index contributed by atoms with van der Waals surface area (Å²) < 4.78 is 12.3. The van der Waals surface area contributed by atoms with Gasteiger partial charge in [0.25, 0.3) is 5.91 Å². The van der Waals surface area contributed by atoms with Crippen molar-refractivity contribution in [2.75, 3.05) is 19.8 Å². The van der Waals surface area contributed by atoms with Gasteiger partial charge in [0, 0.05) is 17.1 Å². The van der Waals surface area contributed by atoms with E-state index in [0.29, 0.717) is 39.8 Å². The van der Waals surface area contributed by atoms with E-state index in [1.54, 1.807) is 30.4 Å². The Morgan fingerprint density at radius 1 is 1.19 bits per heavy atom. The van der Waals surface area contributed by atoms with E-state index in [9.17, 15) is 4.79 Å². The van der Waals surface area contributed by atoms with E-state index < -0.39 is 0 Å². The minimum absolute atomic E-state index is 0.143. The van der Waals surface area contributed by atoms with Gasteiger partial charge in [0.1, 0.15) is 29.0 Å². The molecule has 1 heterocycles. The maximum Gasteiger partial charge on any atom is 0.266 e. The Morgan fingerprint density at radius 3 is 2.71 bits per heavy atom. The Morgan fingerprint density at radius 2 is 1.97 bits per heavy atom. The molecule has 0 bridgehead atoms. The first-order valence-corrected chi connectivity index (χ1v) is 11.5. The van der Waals surface area contributed by atoms with Crippen LogP contribution in [0.3, 0.4) is 0 Å². The van der Waals surface area contributed by atoms with Gasteiger partial charge in [-0.2, -0.15) is 0 Å². The number of ether oxygens (including phenoxy) is 2. The molecular weight excluding hydrogens is 450 g/mol. The summed E-state index contributed by atoms with van der Waals surface area (Å²) in [7, 11) is 0. The molecule has 0 unspecified atom stereocenters. The number of hydrogen-bond acceptors (Lipinski definition) is 5. The fourth-order valence-corrected chi connectivity index (χ4v) is 4.56. The fraction of sp³-hybridized carbons (Fsp3) is 0.250. The topological polar surface area (TPSA) is 38.8 Å². The van der Waals surface area contributed by atoms with Crippen molar-refractivity contribution in [2.24, 2.45) is 0 Å². The third-order valence-corrected chi connectivity index (χ3v) is 6.19. The molecule has 7 heteroatoms. The summed E-state index contributed by atoms with van der Waals surface area (Å²) in [6.45, 7) is 8.99. The maximum atomic E-state index is 12.6. The van der Waals surface area contributed by atoms with E-state index in [1.807, 2.05) is 12.1 Å². The lowest BCUT2D eigenvalue weighted by atomic mass is 10.1. The van der Waals surface area contributed by atoms with E-state index in [-0.39, 0.29) is 5.91 Å². The van der Waals surface area contributed by atoms with Crippen molar-refractivity contribution in [3.8, 4) is 11.5 Å². The predicted octanol–water partition coefficient (Wildman–Crippen LogP) is 6.06. The summed E-state index contributed by atoms with van der Waals surface area (Å²) in [5.74, 6) is 1.32. The Kier molecular flexibility index (Phi) is 8.18. The van der Waals surface area contributed by atoms with Crippen LogP contribution in [0, 0.1) is 6.92 Å². The van der Waals surface area contributed by atoms with Crippen LogP contribution in [0.15, 0.2) is 54.0 Å². The number of hydrogen-bond donors (Lipinski definition) is 0. The number of benzene rings is 2. The van der Waals surface area contributed by atoms with E-state index in [4.69, 9.17) is 33.3 Å². The summed E-state index contributed by atoms with van der Waals surface area (Å²) in [5.41, 5.74) is 3.13. The molecule has 1 aliphatic rings. The SMILES string of the molecule is C=CCN1C(=O)/C(=C/c2cc(Cl)ccc2OCCOc2cc(C)cc(CC)c2)SC1=S. The van der Waals surface area contributed by atoms with Gasteiger partial charge in [0.15, 0.2) is 0 Å². The summed E-state index contributed by atoms with van der Waals surface area (Å²) in [6, 6.07) is 11.5. The average molecular weight is 474 g/mol. The molecule has 1 saturated heterocycles. The van der Waals surface area contributed by atoms with Gasteiger partial charge in [-0.25, -0.2) is 0 Å². The molecule has 1 fully saturated rings. The molecule has 3 rings (SSSR count). The van der Waals surface area contributed by atoms with E-state index in [0.717, 1.165) is 17.7 Å². The molecule has 0 aliphatic carbocycles. The molecule has 1 aliphatic heterocycles. The highest BCUT2D eigenvalue weighted by atomic mass is 35.5. The first-order valence-electron chi connectivity index (χ1n) is 9.93. The number of thiocarbonyl (C=S) groups is 1. The number of carbonyl (C=O) groups excluding carboxylic acids is 1. The minimum Gasteiger partial charge on any atom is -0.490 e. The number of halogens is 1. The third-order valence-electron chi connectivity index (χ3n) is 4.57. The van der Waals surface area contributed by atoms with Gasteiger partial charge in [-0.15, -0.1) is 6.58 Å². The molecule has 0 spiro atoms. The zero-order chi connectivity index (χ0) is 22.4. The van der Waals surface area contributed by atoms with Crippen LogP contribution < -0.4 is 9.47 Å². The number of nitrogens with zero attached hydrogens (tertiary/aromatic N) is 1. The average Bonchev–Trinajstić information content (AvgIpc) is 2.99. The second kappa shape index (κ2) is 10.8. The minimum atomic E-state index is -0.143. The Labute approximate surface area is 197 Å². The van der Waals surface area contributed by atoms with Gasteiger partial charge in [-0.05, 0) is 60.9 Å². The van der Waals surface area contributed by atoms with Crippen molar-refractivity contribution >= 4 is 51.9 Å². The predicted molar refractivity (Wildman–Crippen MR) is 133 cm³/mol. The van der Waals surface area contributed by atoms with Gasteiger partial charge in [0.2, 0.25) is 0 Å². The molecule has 162 valence electrons. The second-order valence-electron chi connectivity index (χ2n) is 6.97. The van der Waals surface area contributed by atoms with Crippen molar-refractivity contribution in [1.82, 2.24) is 4.90 Å². The van der Waals surface area contributed by atoms with Crippen molar-refractivity contribution in [3.63, 3.8) is 0 Å². The van der Waals surface area contributed by atoms with E-state index in [2.05, 4.69) is 26.5 Å². The van der Waals surface area contributed by atoms with Crippen LogP contribution in [0.1, 0.15) is 23.6 Å². The van der Waals surface area contributed by atoms with Gasteiger partial charge in [0.05, 0.1) is 4.91 Å². The Bertz CT molecular complexity index is 1040. The normalized spacial score (nSPS) is 14.9. The van der Waals surface area contributed by atoms with Crippen LogP contribution in [-0.4, -0.2) is 34.9 Å². The first kappa shape index (κ1) is 23.4. The van der Waals surface area contributed by atoms with Crippen LogP contribution in [-0.2, 0) is 11.2 Å². The summed E-state index contributed by atoms with van der Waals surface area (Å²) in [4.78, 5) is 14.7. The lowest BCUT2D eigenvalue weighted by Crippen LogP contribution is -2.27. The molecule has 31 heavy (non-hydrogen) atoms. The number of thioether (sulfide) groups is 1. The van der Waals surface area contributed by atoms with Gasteiger partial charge in [-0.3, -0.25) is 9.69 Å². The fourth-order valence-electron chi connectivity index (χ4n) is 3.11. The Hall–Kier alpha value is -2.28. The molecule has 2 aromatic carbocycles. The van der Waals surface area contributed by atoms with E-state index >= 15 is 0 Å². The number of amides is 1. The zero-order valence-corrected chi connectivity index (χ0v) is 19.9. The summed E-state index contributed by atoms with van der Waals surface area (Å²) in [6.07, 6.45) is 4.37. The van der Waals surface area contributed by atoms with Crippen molar-refractivity contribution < 1.29 is 14.3 Å². The van der Waals surface area contributed by atoms with Crippen LogP contribution >= 0.6 is 35.6 Å². The summed E-state index contributed by atoms with van der Waals surface area (Å²) in [5, 5.41) is 0.559. The highest BCUT2D eigenvalue weighted by Gasteiger charge is 2.31. The molecule has 0 saturated carbocycles.